The number of nitrogens with zero attached hydrogens (tertiary/aromatic N) is 4. The monoisotopic (exact) mass is 386 g/mol. The zero-order chi connectivity index (χ0) is 16.8. The normalized spacial score (nSPS) is 17.1. The van der Waals surface area contributed by atoms with Crippen LogP contribution in [0.15, 0.2) is 38.5 Å². The minimum atomic E-state index is 0.515. The van der Waals surface area contributed by atoms with E-state index in [9.17, 15) is 0 Å². The Bertz CT molecular complexity index is 1050. The molecule has 25 heavy (non-hydrogen) atoms. The van der Waals surface area contributed by atoms with Gasteiger partial charge in [-0.05, 0) is 60.0 Å². The minimum Gasteiger partial charge on any atom is -0.410 e. The molecule has 1 aliphatic rings. The van der Waals surface area contributed by atoms with Crippen molar-refractivity contribution in [2.24, 2.45) is 5.92 Å². The Hall–Kier alpha value is -1.77. The molecular formula is C17H14N4OS3. The number of fused-ring (bicyclic) bond motifs is 2. The molecule has 0 fully saturated rings. The Morgan fingerprint density at radius 2 is 2.24 bits per heavy atom. The van der Waals surface area contributed by atoms with Gasteiger partial charge in [0.2, 0.25) is 0 Å². The molecule has 0 spiro atoms. The summed E-state index contributed by atoms with van der Waals surface area (Å²) in [6.07, 6.45) is 5.15. The van der Waals surface area contributed by atoms with Crippen LogP contribution in [0.2, 0.25) is 0 Å². The van der Waals surface area contributed by atoms with E-state index in [1.54, 1.807) is 29.0 Å². The van der Waals surface area contributed by atoms with E-state index in [2.05, 4.69) is 33.2 Å². The van der Waals surface area contributed by atoms with Crippen LogP contribution < -0.4 is 0 Å². The summed E-state index contributed by atoms with van der Waals surface area (Å²) in [5.74, 6) is 1.36. The first-order valence-corrected chi connectivity index (χ1v) is 10.6. The Balaban J connectivity index is 1.43. The van der Waals surface area contributed by atoms with Gasteiger partial charge in [-0.25, -0.2) is 9.97 Å². The highest BCUT2D eigenvalue weighted by molar-refractivity contribution is 7.99. The van der Waals surface area contributed by atoms with Crippen LogP contribution in [-0.4, -0.2) is 20.2 Å². The van der Waals surface area contributed by atoms with Crippen molar-refractivity contribution in [3.8, 4) is 10.8 Å². The standard InChI is InChI=1S/C17H14N4OS3/c1-9-2-3-12-10(6-9)7-13(24-12)14-20-21-17(22-14)25-16-11-4-5-23-15(11)18-8-19-16/h4-5,7-9H,2-3,6H2,1H3/t9-/m0/s1. The lowest BCUT2D eigenvalue weighted by Gasteiger charge is -2.16. The van der Waals surface area contributed by atoms with Gasteiger partial charge in [0.15, 0.2) is 0 Å². The molecular weight excluding hydrogens is 372 g/mol. The topological polar surface area (TPSA) is 64.7 Å². The first-order valence-electron chi connectivity index (χ1n) is 8.08. The summed E-state index contributed by atoms with van der Waals surface area (Å²) in [4.78, 5) is 12.1. The van der Waals surface area contributed by atoms with Gasteiger partial charge < -0.3 is 4.42 Å². The van der Waals surface area contributed by atoms with E-state index in [-0.39, 0.29) is 0 Å². The molecule has 5 nitrogen and oxygen atoms in total. The molecule has 8 heteroatoms. The average molecular weight is 387 g/mol. The number of thiophene rings is 2. The SMILES string of the molecule is C[C@H]1CCc2sc(-c3nnc(Sc4ncnc5sccc45)o3)cc2C1. The number of hydrogen-bond donors (Lipinski definition) is 0. The van der Waals surface area contributed by atoms with Gasteiger partial charge in [0.1, 0.15) is 16.2 Å². The maximum Gasteiger partial charge on any atom is 0.283 e. The maximum atomic E-state index is 5.90. The van der Waals surface area contributed by atoms with Gasteiger partial charge in [0.05, 0.1) is 4.88 Å². The third kappa shape index (κ3) is 2.88. The van der Waals surface area contributed by atoms with Crippen LogP contribution >= 0.6 is 34.4 Å². The summed E-state index contributed by atoms with van der Waals surface area (Å²) >= 11 is 4.78. The fraction of sp³-hybridized carbons (Fsp3) is 0.294. The molecule has 0 radical (unpaired) electrons. The highest BCUT2D eigenvalue weighted by Crippen LogP contribution is 2.38. The molecule has 0 N–H and O–H groups in total. The van der Waals surface area contributed by atoms with E-state index in [0.717, 1.165) is 38.9 Å². The van der Waals surface area contributed by atoms with E-state index in [1.165, 1.54) is 28.6 Å². The van der Waals surface area contributed by atoms with Crippen LogP contribution in [0.1, 0.15) is 23.8 Å². The molecule has 4 aromatic rings. The second kappa shape index (κ2) is 6.19. The number of aromatic nitrogens is 4. The molecule has 1 atom stereocenters. The largest absolute Gasteiger partial charge is 0.410 e. The lowest BCUT2D eigenvalue weighted by molar-refractivity contribution is 0.466. The highest BCUT2D eigenvalue weighted by Gasteiger charge is 2.21. The molecule has 0 bridgehead atoms. The molecule has 0 saturated carbocycles. The number of hydrogen-bond acceptors (Lipinski definition) is 8. The van der Waals surface area contributed by atoms with Gasteiger partial charge >= 0.3 is 0 Å². The smallest absolute Gasteiger partial charge is 0.283 e. The predicted molar refractivity (Wildman–Crippen MR) is 100 cm³/mol. The van der Waals surface area contributed by atoms with Crippen LogP contribution in [0, 0.1) is 5.92 Å². The fourth-order valence-corrected chi connectivity index (χ4v) is 5.76. The summed E-state index contributed by atoms with van der Waals surface area (Å²) in [6.45, 7) is 2.31. The van der Waals surface area contributed by atoms with E-state index >= 15 is 0 Å². The van der Waals surface area contributed by atoms with Crippen molar-refractivity contribution in [1.82, 2.24) is 20.2 Å². The van der Waals surface area contributed by atoms with Crippen molar-refractivity contribution in [2.45, 2.75) is 36.4 Å². The quantitative estimate of drug-likeness (QED) is 0.458. The van der Waals surface area contributed by atoms with Gasteiger partial charge in [-0.2, -0.15) is 0 Å². The van der Waals surface area contributed by atoms with Gasteiger partial charge in [-0.1, -0.05) is 6.92 Å². The summed E-state index contributed by atoms with van der Waals surface area (Å²) in [5, 5.41) is 12.8. The third-order valence-electron chi connectivity index (χ3n) is 4.36. The van der Waals surface area contributed by atoms with Crippen molar-refractivity contribution < 1.29 is 4.42 Å². The molecule has 4 aromatic heterocycles. The molecule has 0 saturated heterocycles. The predicted octanol–water partition coefficient (Wildman–Crippen LogP) is 5.08. The lowest BCUT2D eigenvalue weighted by atomic mass is 9.90. The molecule has 126 valence electrons. The summed E-state index contributed by atoms with van der Waals surface area (Å²) < 4.78 is 5.90. The maximum absolute atomic E-state index is 5.90. The molecule has 0 unspecified atom stereocenters. The first kappa shape index (κ1) is 15.5. The van der Waals surface area contributed by atoms with E-state index in [1.807, 2.05) is 11.4 Å². The lowest BCUT2D eigenvalue weighted by Crippen LogP contribution is -2.07. The molecule has 5 rings (SSSR count). The van der Waals surface area contributed by atoms with Crippen LogP contribution in [0.4, 0.5) is 0 Å². The van der Waals surface area contributed by atoms with Gasteiger partial charge in [0, 0.05) is 10.3 Å². The molecule has 0 aromatic carbocycles. The van der Waals surface area contributed by atoms with E-state index in [0.29, 0.717) is 11.1 Å². The van der Waals surface area contributed by atoms with E-state index in [4.69, 9.17) is 4.42 Å². The van der Waals surface area contributed by atoms with Crippen molar-refractivity contribution in [3.05, 3.63) is 34.3 Å². The second-order valence-corrected chi connectivity index (χ2v) is 9.17. The van der Waals surface area contributed by atoms with Crippen molar-refractivity contribution in [3.63, 3.8) is 0 Å². The summed E-state index contributed by atoms with van der Waals surface area (Å²) in [7, 11) is 0. The first-order chi connectivity index (χ1) is 12.3. The number of aryl methyl sites for hydroxylation is 1. The van der Waals surface area contributed by atoms with E-state index < -0.39 is 0 Å². The minimum absolute atomic E-state index is 0.515. The Morgan fingerprint density at radius 1 is 1.28 bits per heavy atom. The zero-order valence-electron chi connectivity index (χ0n) is 13.4. The molecule has 4 heterocycles. The van der Waals surface area contributed by atoms with Crippen LogP contribution in [-0.2, 0) is 12.8 Å². The molecule has 0 amide bonds. The van der Waals surface area contributed by atoms with Crippen molar-refractivity contribution in [2.75, 3.05) is 0 Å². The molecule has 0 aliphatic heterocycles. The van der Waals surface area contributed by atoms with Gasteiger partial charge in [0.25, 0.3) is 11.1 Å². The molecule has 1 aliphatic carbocycles. The van der Waals surface area contributed by atoms with Crippen LogP contribution in [0.3, 0.4) is 0 Å². The summed E-state index contributed by atoms with van der Waals surface area (Å²) in [5.41, 5.74) is 1.45. The van der Waals surface area contributed by atoms with Gasteiger partial charge in [-0.3, -0.25) is 0 Å². The Labute approximate surface area is 156 Å². The Kier molecular flexibility index (Phi) is 3.83. The van der Waals surface area contributed by atoms with Crippen LogP contribution in [0.5, 0.6) is 0 Å². The zero-order valence-corrected chi connectivity index (χ0v) is 15.9. The highest BCUT2D eigenvalue weighted by atomic mass is 32.2. The van der Waals surface area contributed by atoms with Crippen molar-refractivity contribution in [1.29, 1.82) is 0 Å². The van der Waals surface area contributed by atoms with Crippen molar-refractivity contribution >= 4 is 44.7 Å². The summed E-state index contributed by atoms with van der Waals surface area (Å²) in [6, 6.07) is 4.24. The fourth-order valence-electron chi connectivity index (χ4n) is 3.09. The average Bonchev–Trinajstić information content (AvgIpc) is 3.33. The number of rotatable bonds is 3. The third-order valence-corrected chi connectivity index (χ3v) is 7.26. The van der Waals surface area contributed by atoms with Gasteiger partial charge in [-0.15, -0.1) is 32.9 Å². The Morgan fingerprint density at radius 3 is 3.20 bits per heavy atom. The van der Waals surface area contributed by atoms with Crippen LogP contribution in [0.25, 0.3) is 21.0 Å². The second-order valence-electron chi connectivity index (χ2n) is 6.20.